The highest BCUT2D eigenvalue weighted by molar-refractivity contribution is 7.91. The van der Waals surface area contributed by atoms with Gasteiger partial charge < -0.3 is 9.73 Å². The van der Waals surface area contributed by atoms with Crippen molar-refractivity contribution in [2.24, 2.45) is 0 Å². The second-order valence-corrected chi connectivity index (χ2v) is 9.19. The number of anilines is 1. The lowest BCUT2D eigenvalue weighted by atomic mass is 10.2. The number of halogens is 1. The van der Waals surface area contributed by atoms with E-state index in [9.17, 15) is 13.2 Å². The van der Waals surface area contributed by atoms with E-state index in [2.05, 4.69) is 5.32 Å². The second-order valence-electron chi connectivity index (χ2n) is 6.55. The van der Waals surface area contributed by atoms with Gasteiger partial charge in [-0.05, 0) is 43.2 Å². The molecule has 2 aromatic rings. The molecule has 0 aliphatic carbocycles. The molecule has 1 aliphatic heterocycles. The van der Waals surface area contributed by atoms with Crippen molar-refractivity contribution >= 4 is 33.0 Å². The number of sulfone groups is 1. The molecule has 1 amide bonds. The summed E-state index contributed by atoms with van der Waals surface area (Å²) in [4.78, 5) is 14.3. The molecule has 1 N–H and O–H groups in total. The van der Waals surface area contributed by atoms with Gasteiger partial charge in [-0.3, -0.25) is 9.69 Å². The number of amides is 1. The van der Waals surface area contributed by atoms with E-state index in [4.69, 9.17) is 16.0 Å². The second kappa shape index (κ2) is 7.82. The molecule has 26 heavy (non-hydrogen) atoms. The molecule has 1 fully saturated rings. The molecule has 1 aromatic heterocycles. The zero-order valence-electron chi connectivity index (χ0n) is 14.4. The van der Waals surface area contributed by atoms with Crippen molar-refractivity contribution in [3.8, 4) is 0 Å². The Morgan fingerprint density at radius 3 is 2.81 bits per heavy atom. The Morgan fingerprint density at radius 1 is 1.38 bits per heavy atom. The Kier molecular flexibility index (Phi) is 5.70. The molecule has 1 saturated heterocycles. The summed E-state index contributed by atoms with van der Waals surface area (Å²) in [7, 11) is -3.05. The zero-order valence-corrected chi connectivity index (χ0v) is 16.0. The topological polar surface area (TPSA) is 79.6 Å². The fourth-order valence-corrected chi connectivity index (χ4v) is 4.98. The van der Waals surface area contributed by atoms with Gasteiger partial charge in [-0.1, -0.05) is 17.7 Å². The maximum atomic E-state index is 12.5. The molecule has 6 nitrogen and oxygen atoms in total. The number of carbonyl (C=O) groups excluding carboxylic acids is 1. The highest BCUT2D eigenvalue weighted by Gasteiger charge is 2.33. The standard InChI is InChI=1S/C18H21ClN2O4S/c1-13-4-5-14(9-17(13)19)20-18(22)11-21(10-16-3-2-7-25-16)15-6-8-26(23,24)12-15/h2-5,7,9,15H,6,8,10-12H2,1H3,(H,20,22)/t15-/m1/s1. The first-order valence-electron chi connectivity index (χ1n) is 8.35. The largest absolute Gasteiger partial charge is 0.468 e. The quantitative estimate of drug-likeness (QED) is 0.812. The van der Waals surface area contributed by atoms with Crippen LogP contribution in [0.3, 0.4) is 0 Å². The number of aryl methyl sites for hydroxylation is 1. The van der Waals surface area contributed by atoms with Crippen molar-refractivity contribution in [3.63, 3.8) is 0 Å². The van der Waals surface area contributed by atoms with Crippen molar-refractivity contribution in [2.75, 3.05) is 23.4 Å². The SMILES string of the molecule is Cc1ccc(NC(=O)CN(Cc2ccco2)[C@@H]2CCS(=O)(=O)C2)cc1Cl. The van der Waals surface area contributed by atoms with Gasteiger partial charge in [0.25, 0.3) is 0 Å². The maximum absolute atomic E-state index is 12.5. The summed E-state index contributed by atoms with van der Waals surface area (Å²) in [6, 6.07) is 8.71. The summed E-state index contributed by atoms with van der Waals surface area (Å²) < 4.78 is 29.0. The number of rotatable bonds is 6. The van der Waals surface area contributed by atoms with E-state index in [0.717, 1.165) is 5.56 Å². The average molecular weight is 397 g/mol. The number of hydrogen-bond acceptors (Lipinski definition) is 5. The third kappa shape index (κ3) is 4.87. The number of benzene rings is 1. The maximum Gasteiger partial charge on any atom is 0.238 e. The van der Waals surface area contributed by atoms with Gasteiger partial charge in [-0.25, -0.2) is 8.42 Å². The Morgan fingerprint density at radius 2 is 2.19 bits per heavy atom. The number of furan rings is 1. The number of nitrogens with one attached hydrogen (secondary N) is 1. The van der Waals surface area contributed by atoms with Crippen LogP contribution in [-0.2, 0) is 21.2 Å². The lowest BCUT2D eigenvalue weighted by Gasteiger charge is -2.26. The molecule has 0 bridgehead atoms. The van der Waals surface area contributed by atoms with E-state index in [1.165, 1.54) is 0 Å². The Hall–Kier alpha value is -1.83. The summed E-state index contributed by atoms with van der Waals surface area (Å²) in [5.41, 5.74) is 1.54. The molecule has 140 valence electrons. The van der Waals surface area contributed by atoms with Crippen LogP contribution >= 0.6 is 11.6 Å². The van der Waals surface area contributed by atoms with Gasteiger partial charge in [0.15, 0.2) is 9.84 Å². The van der Waals surface area contributed by atoms with Crippen molar-refractivity contribution < 1.29 is 17.6 Å². The third-order valence-electron chi connectivity index (χ3n) is 4.47. The van der Waals surface area contributed by atoms with Gasteiger partial charge in [0.05, 0.1) is 30.9 Å². The molecule has 1 aromatic carbocycles. The molecule has 3 rings (SSSR count). The van der Waals surface area contributed by atoms with Crippen LogP contribution in [0.15, 0.2) is 41.0 Å². The summed E-state index contributed by atoms with van der Waals surface area (Å²) in [6.45, 7) is 2.35. The van der Waals surface area contributed by atoms with E-state index >= 15 is 0 Å². The molecule has 1 aliphatic rings. The smallest absolute Gasteiger partial charge is 0.238 e. The number of hydrogen-bond donors (Lipinski definition) is 1. The van der Waals surface area contributed by atoms with E-state index in [-0.39, 0.29) is 30.0 Å². The van der Waals surface area contributed by atoms with Crippen molar-refractivity contribution in [3.05, 3.63) is 52.9 Å². The molecule has 0 saturated carbocycles. The van der Waals surface area contributed by atoms with Gasteiger partial charge in [0.1, 0.15) is 5.76 Å². The molecule has 8 heteroatoms. The molecular weight excluding hydrogens is 376 g/mol. The number of carbonyl (C=O) groups is 1. The van der Waals surface area contributed by atoms with Crippen LogP contribution < -0.4 is 5.32 Å². The van der Waals surface area contributed by atoms with Crippen molar-refractivity contribution in [2.45, 2.75) is 25.9 Å². The monoisotopic (exact) mass is 396 g/mol. The number of nitrogens with zero attached hydrogens (tertiary/aromatic N) is 1. The summed E-state index contributed by atoms with van der Waals surface area (Å²) in [6.07, 6.45) is 2.08. The fourth-order valence-electron chi connectivity index (χ4n) is 3.04. The minimum Gasteiger partial charge on any atom is -0.468 e. The van der Waals surface area contributed by atoms with Crippen LogP contribution in [0.5, 0.6) is 0 Å². The minimum atomic E-state index is -3.05. The van der Waals surface area contributed by atoms with E-state index in [1.54, 1.807) is 24.5 Å². The molecule has 2 heterocycles. The molecule has 0 spiro atoms. The fraction of sp³-hybridized carbons (Fsp3) is 0.389. The first kappa shape index (κ1) is 18.9. The van der Waals surface area contributed by atoms with Gasteiger partial charge in [0.2, 0.25) is 5.91 Å². The van der Waals surface area contributed by atoms with E-state index < -0.39 is 9.84 Å². The third-order valence-corrected chi connectivity index (χ3v) is 6.62. The predicted molar refractivity (Wildman–Crippen MR) is 101 cm³/mol. The van der Waals surface area contributed by atoms with Crippen molar-refractivity contribution in [1.29, 1.82) is 0 Å². The first-order valence-corrected chi connectivity index (χ1v) is 10.6. The van der Waals surface area contributed by atoms with Crippen LogP contribution in [0, 0.1) is 6.92 Å². The van der Waals surface area contributed by atoms with E-state index in [1.807, 2.05) is 24.0 Å². The predicted octanol–water partition coefficient (Wildman–Crippen LogP) is 2.87. The van der Waals surface area contributed by atoms with Gasteiger partial charge in [0, 0.05) is 16.8 Å². The van der Waals surface area contributed by atoms with Crippen LogP contribution in [0.4, 0.5) is 5.69 Å². The molecule has 0 radical (unpaired) electrons. The van der Waals surface area contributed by atoms with Crippen LogP contribution in [-0.4, -0.2) is 43.3 Å². The first-order chi connectivity index (χ1) is 12.3. The lowest BCUT2D eigenvalue weighted by molar-refractivity contribution is -0.118. The molecule has 0 unspecified atom stereocenters. The molecular formula is C18H21ClN2O4S. The zero-order chi connectivity index (χ0) is 18.7. The normalized spacial score (nSPS) is 19.0. The Balaban J connectivity index is 1.69. The van der Waals surface area contributed by atoms with Crippen LogP contribution in [0.25, 0.3) is 0 Å². The molecule has 1 atom stereocenters. The minimum absolute atomic E-state index is 0.0668. The Bertz CT molecular complexity index is 881. The average Bonchev–Trinajstić information content (AvgIpc) is 3.19. The van der Waals surface area contributed by atoms with Crippen LogP contribution in [0.2, 0.25) is 5.02 Å². The highest BCUT2D eigenvalue weighted by atomic mass is 35.5. The van der Waals surface area contributed by atoms with Crippen LogP contribution in [0.1, 0.15) is 17.7 Å². The van der Waals surface area contributed by atoms with Crippen molar-refractivity contribution in [1.82, 2.24) is 4.90 Å². The van der Waals surface area contributed by atoms with Gasteiger partial charge >= 0.3 is 0 Å². The van der Waals surface area contributed by atoms with Gasteiger partial charge in [-0.2, -0.15) is 0 Å². The summed E-state index contributed by atoms with van der Waals surface area (Å²) in [5.74, 6) is 0.694. The van der Waals surface area contributed by atoms with Gasteiger partial charge in [-0.15, -0.1) is 0 Å². The summed E-state index contributed by atoms with van der Waals surface area (Å²) >= 11 is 6.09. The van der Waals surface area contributed by atoms with E-state index in [0.29, 0.717) is 29.4 Å². The summed E-state index contributed by atoms with van der Waals surface area (Å²) in [5, 5.41) is 3.40. The highest BCUT2D eigenvalue weighted by Crippen LogP contribution is 2.22. The lowest BCUT2D eigenvalue weighted by Crippen LogP contribution is -2.41. The Labute approximate surface area is 158 Å².